The molecule has 0 N–H and O–H groups in total. The summed E-state index contributed by atoms with van der Waals surface area (Å²) in [6.07, 6.45) is 1.23. The van der Waals surface area contributed by atoms with E-state index in [9.17, 15) is 9.59 Å². The quantitative estimate of drug-likeness (QED) is 0.786. The molecule has 1 aromatic carbocycles. The summed E-state index contributed by atoms with van der Waals surface area (Å²) < 4.78 is 22.1. The van der Waals surface area contributed by atoms with Gasteiger partial charge in [-0.1, -0.05) is 18.2 Å². The molecule has 0 amide bonds. The molecule has 0 radical (unpaired) electrons. The van der Waals surface area contributed by atoms with Crippen LogP contribution in [0.1, 0.15) is 36.0 Å². The summed E-state index contributed by atoms with van der Waals surface area (Å²) in [4.78, 5) is 24.0. The van der Waals surface area contributed by atoms with Crippen LogP contribution in [0.15, 0.2) is 30.3 Å². The molecule has 6 heteroatoms. The Morgan fingerprint density at radius 3 is 2.75 bits per heavy atom. The van der Waals surface area contributed by atoms with Gasteiger partial charge in [0.05, 0.1) is 31.3 Å². The van der Waals surface area contributed by atoms with Gasteiger partial charge >= 0.3 is 11.9 Å². The summed E-state index contributed by atoms with van der Waals surface area (Å²) in [6.45, 7) is 0.686. The minimum atomic E-state index is -0.531. The first-order chi connectivity index (χ1) is 11.7. The van der Waals surface area contributed by atoms with Crippen LogP contribution in [0.3, 0.4) is 0 Å². The summed E-state index contributed by atoms with van der Waals surface area (Å²) >= 11 is 0. The van der Waals surface area contributed by atoms with E-state index in [1.165, 1.54) is 7.11 Å². The molecule has 2 saturated heterocycles. The molecule has 0 aromatic heterocycles. The maximum atomic E-state index is 12.3. The van der Waals surface area contributed by atoms with E-state index in [0.717, 1.165) is 12.8 Å². The predicted octanol–water partition coefficient (Wildman–Crippen LogP) is 2.11. The third kappa shape index (κ3) is 3.94. The highest BCUT2D eigenvalue weighted by Crippen LogP contribution is 2.32. The highest BCUT2D eigenvalue weighted by Gasteiger charge is 2.42. The number of methoxy groups -OCH3 is 1. The Kier molecular flexibility index (Phi) is 5.48. The second kappa shape index (κ2) is 7.77. The standard InChI is InChI=1S/C18H22O6/c1-21-17(19)11-16-15(10-14-13(23-16)8-5-9-22-14)24-18(20)12-6-3-2-4-7-12/h2-4,6-7,13-16H,5,8-11H2,1H3/t13-,14+,15+,16+/m1/s1. The molecule has 2 aliphatic rings. The van der Waals surface area contributed by atoms with Gasteiger partial charge in [-0.3, -0.25) is 4.79 Å². The van der Waals surface area contributed by atoms with Gasteiger partial charge in [0.25, 0.3) is 0 Å². The van der Waals surface area contributed by atoms with Gasteiger partial charge in [-0.05, 0) is 25.0 Å². The van der Waals surface area contributed by atoms with E-state index < -0.39 is 18.2 Å². The number of carbonyl (C=O) groups excluding carboxylic acids is 2. The molecule has 2 heterocycles. The number of fused-ring (bicyclic) bond motifs is 1. The Balaban J connectivity index is 1.71. The van der Waals surface area contributed by atoms with Gasteiger partial charge in [-0.2, -0.15) is 0 Å². The first kappa shape index (κ1) is 16.9. The van der Waals surface area contributed by atoms with Crippen molar-refractivity contribution in [2.75, 3.05) is 13.7 Å². The molecular formula is C18H22O6. The molecule has 4 atom stereocenters. The van der Waals surface area contributed by atoms with Crippen LogP contribution < -0.4 is 0 Å². The zero-order chi connectivity index (χ0) is 16.9. The van der Waals surface area contributed by atoms with Crippen LogP contribution in [0.25, 0.3) is 0 Å². The Morgan fingerprint density at radius 2 is 2.00 bits per heavy atom. The lowest BCUT2D eigenvalue weighted by molar-refractivity contribution is -0.206. The maximum Gasteiger partial charge on any atom is 0.338 e. The number of benzene rings is 1. The maximum absolute atomic E-state index is 12.3. The highest BCUT2D eigenvalue weighted by atomic mass is 16.6. The molecule has 0 unspecified atom stereocenters. The Bertz CT molecular complexity index is 572. The fraction of sp³-hybridized carbons (Fsp3) is 0.556. The highest BCUT2D eigenvalue weighted by molar-refractivity contribution is 5.89. The van der Waals surface area contributed by atoms with Crippen LogP contribution in [-0.2, 0) is 23.7 Å². The first-order valence-electron chi connectivity index (χ1n) is 8.27. The van der Waals surface area contributed by atoms with Gasteiger partial charge in [0.2, 0.25) is 0 Å². The van der Waals surface area contributed by atoms with Gasteiger partial charge in [-0.15, -0.1) is 0 Å². The normalized spacial score (nSPS) is 29.4. The van der Waals surface area contributed by atoms with Gasteiger partial charge in [0.15, 0.2) is 0 Å². The van der Waals surface area contributed by atoms with Crippen molar-refractivity contribution in [2.45, 2.75) is 50.1 Å². The molecule has 2 aliphatic heterocycles. The number of esters is 2. The number of hydrogen-bond donors (Lipinski definition) is 0. The zero-order valence-electron chi connectivity index (χ0n) is 13.7. The van der Waals surface area contributed by atoms with Gasteiger partial charge in [0.1, 0.15) is 12.2 Å². The summed E-state index contributed by atoms with van der Waals surface area (Å²) in [5.41, 5.74) is 0.473. The van der Waals surface area contributed by atoms with E-state index in [1.807, 2.05) is 6.07 Å². The van der Waals surface area contributed by atoms with Crippen LogP contribution in [-0.4, -0.2) is 50.1 Å². The lowest BCUT2D eigenvalue weighted by atomic mass is 9.92. The molecule has 3 rings (SSSR count). The van der Waals surface area contributed by atoms with Crippen LogP contribution >= 0.6 is 0 Å². The summed E-state index contributed by atoms with van der Waals surface area (Å²) in [6, 6.07) is 8.78. The van der Waals surface area contributed by atoms with E-state index >= 15 is 0 Å². The second-order valence-corrected chi connectivity index (χ2v) is 6.09. The molecule has 1 aromatic rings. The van der Waals surface area contributed by atoms with Gasteiger partial charge < -0.3 is 18.9 Å². The van der Waals surface area contributed by atoms with Crippen molar-refractivity contribution in [1.82, 2.24) is 0 Å². The summed E-state index contributed by atoms with van der Waals surface area (Å²) in [7, 11) is 1.34. The van der Waals surface area contributed by atoms with Crippen molar-refractivity contribution in [3.8, 4) is 0 Å². The van der Waals surface area contributed by atoms with Crippen LogP contribution in [0.4, 0.5) is 0 Å². The van der Waals surface area contributed by atoms with E-state index in [4.69, 9.17) is 18.9 Å². The molecule has 24 heavy (non-hydrogen) atoms. The summed E-state index contributed by atoms with van der Waals surface area (Å²) in [5, 5.41) is 0. The molecule has 0 bridgehead atoms. The minimum absolute atomic E-state index is 0.0555. The number of ether oxygens (including phenoxy) is 4. The van der Waals surface area contributed by atoms with Gasteiger partial charge in [0, 0.05) is 13.0 Å². The molecular weight excluding hydrogens is 312 g/mol. The molecule has 6 nitrogen and oxygen atoms in total. The molecule has 0 saturated carbocycles. The molecule has 0 spiro atoms. The van der Waals surface area contributed by atoms with E-state index in [0.29, 0.717) is 18.6 Å². The van der Waals surface area contributed by atoms with Crippen molar-refractivity contribution in [2.24, 2.45) is 0 Å². The van der Waals surface area contributed by atoms with Gasteiger partial charge in [-0.25, -0.2) is 4.79 Å². The average molecular weight is 334 g/mol. The van der Waals surface area contributed by atoms with Crippen LogP contribution in [0, 0.1) is 0 Å². The topological polar surface area (TPSA) is 71.1 Å². The smallest absolute Gasteiger partial charge is 0.338 e. The van der Waals surface area contributed by atoms with E-state index in [-0.39, 0.29) is 24.6 Å². The molecule has 0 aliphatic carbocycles. The Morgan fingerprint density at radius 1 is 1.21 bits per heavy atom. The zero-order valence-corrected chi connectivity index (χ0v) is 13.7. The fourth-order valence-electron chi connectivity index (χ4n) is 3.21. The largest absolute Gasteiger partial charge is 0.469 e. The lowest BCUT2D eigenvalue weighted by Crippen LogP contribution is -2.52. The lowest BCUT2D eigenvalue weighted by Gasteiger charge is -2.42. The summed E-state index contributed by atoms with van der Waals surface area (Å²) in [5.74, 6) is -0.802. The fourth-order valence-corrected chi connectivity index (χ4v) is 3.21. The monoisotopic (exact) mass is 334 g/mol. The predicted molar refractivity (Wildman–Crippen MR) is 84.5 cm³/mol. The Hall–Kier alpha value is -1.92. The van der Waals surface area contributed by atoms with Crippen molar-refractivity contribution in [1.29, 1.82) is 0 Å². The van der Waals surface area contributed by atoms with Crippen LogP contribution in [0.2, 0.25) is 0 Å². The number of hydrogen-bond acceptors (Lipinski definition) is 6. The molecule has 130 valence electrons. The third-order valence-corrected chi connectivity index (χ3v) is 4.47. The average Bonchev–Trinajstić information content (AvgIpc) is 2.62. The molecule has 2 fully saturated rings. The number of rotatable bonds is 4. The number of carbonyl (C=O) groups is 2. The Labute approximate surface area is 141 Å². The van der Waals surface area contributed by atoms with E-state index in [2.05, 4.69) is 0 Å². The SMILES string of the molecule is COC(=O)C[C@@H]1O[C@@H]2CCCO[C@H]2C[C@@H]1OC(=O)c1ccccc1. The second-order valence-electron chi connectivity index (χ2n) is 6.09. The van der Waals surface area contributed by atoms with Crippen molar-refractivity contribution in [3.05, 3.63) is 35.9 Å². The van der Waals surface area contributed by atoms with Crippen molar-refractivity contribution in [3.63, 3.8) is 0 Å². The van der Waals surface area contributed by atoms with E-state index in [1.54, 1.807) is 24.3 Å². The third-order valence-electron chi connectivity index (χ3n) is 4.47. The van der Waals surface area contributed by atoms with Crippen molar-refractivity contribution < 1.29 is 28.5 Å². The van der Waals surface area contributed by atoms with Crippen molar-refractivity contribution >= 4 is 11.9 Å². The van der Waals surface area contributed by atoms with Crippen LogP contribution in [0.5, 0.6) is 0 Å². The first-order valence-corrected chi connectivity index (χ1v) is 8.27. The minimum Gasteiger partial charge on any atom is -0.469 e.